The van der Waals surface area contributed by atoms with Crippen LogP contribution in [-0.2, 0) is 11.2 Å². The molecule has 2 aromatic rings. The van der Waals surface area contributed by atoms with E-state index < -0.39 is 0 Å². The summed E-state index contributed by atoms with van der Waals surface area (Å²) < 4.78 is 13.5. The SMILES string of the molecule is O=C(NC1CCCc2c1[nH]c1ccc(F)cc21)[C@@H]1C=CCN1. The molecule has 22 heavy (non-hydrogen) atoms. The van der Waals surface area contributed by atoms with Gasteiger partial charge in [0.05, 0.1) is 6.04 Å². The molecule has 1 unspecified atom stereocenters. The highest BCUT2D eigenvalue weighted by Gasteiger charge is 2.28. The number of benzene rings is 1. The van der Waals surface area contributed by atoms with Crippen molar-refractivity contribution in [1.82, 2.24) is 15.6 Å². The molecule has 0 radical (unpaired) electrons. The fourth-order valence-corrected chi connectivity index (χ4v) is 3.49. The monoisotopic (exact) mass is 299 g/mol. The molecule has 2 aliphatic rings. The van der Waals surface area contributed by atoms with E-state index in [1.54, 1.807) is 12.1 Å². The lowest BCUT2D eigenvalue weighted by Crippen LogP contribution is -2.42. The van der Waals surface area contributed by atoms with E-state index in [4.69, 9.17) is 0 Å². The Kier molecular flexibility index (Phi) is 3.22. The van der Waals surface area contributed by atoms with Gasteiger partial charge in [-0.3, -0.25) is 10.1 Å². The molecule has 4 nitrogen and oxygen atoms in total. The van der Waals surface area contributed by atoms with Crippen molar-refractivity contribution in [2.75, 3.05) is 6.54 Å². The minimum absolute atomic E-state index is 0.00330. The van der Waals surface area contributed by atoms with E-state index in [-0.39, 0.29) is 23.8 Å². The maximum absolute atomic E-state index is 13.5. The van der Waals surface area contributed by atoms with Crippen molar-refractivity contribution in [2.45, 2.75) is 31.3 Å². The second-order valence-electron chi connectivity index (χ2n) is 5.97. The van der Waals surface area contributed by atoms with E-state index in [1.165, 1.54) is 6.07 Å². The first kappa shape index (κ1) is 13.5. The third kappa shape index (κ3) is 2.22. The lowest BCUT2D eigenvalue weighted by molar-refractivity contribution is -0.122. The first-order valence-corrected chi connectivity index (χ1v) is 7.73. The summed E-state index contributed by atoms with van der Waals surface area (Å²) >= 11 is 0. The smallest absolute Gasteiger partial charge is 0.241 e. The molecule has 1 aliphatic carbocycles. The van der Waals surface area contributed by atoms with Gasteiger partial charge in [0.25, 0.3) is 0 Å². The number of hydrogen-bond acceptors (Lipinski definition) is 2. The average molecular weight is 299 g/mol. The van der Waals surface area contributed by atoms with Crippen LogP contribution in [0.25, 0.3) is 10.9 Å². The molecule has 0 saturated carbocycles. The fraction of sp³-hybridized carbons (Fsp3) is 0.353. The second kappa shape index (κ2) is 5.25. The maximum atomic E-state index is 13.5. The summed E-state index contributed by atoms with van der Waals surface area (Å²) in [4.78, 5) is 15.7. The molecule has 1 aliphatic heterocycles. The Morgan fingerprint density at radius 1 is 1.36 bits per heavy atom. The Hall–Kier alpha value is -2.14. The van der Waals surface area contributed by atoms with E-state index in [0.29, 0.717) is 0 Å². The molecule has 1 aromatic carbocycles. The summed E-state index contributed by atoms with van der Waals surface area (Å²) in [6.07, 6.45) is 6.68. The van der Waals surface area contributed by atoms with Gasteiger partial charge >= 0.3 is 0 Å². The zero-order chi connectivity index (χ0) is 15.1. The molecule has 1 aromatic heterocycles. The van der Waals surface area contributed by atoms with Crippen LogP contribution in [0.3, 0.4) is 0 Å². The Labute approximate surface area is 127 Å². The number of rotatable bonds is 2. The van der Waals surface area contributed by atoms with Crippen LogP contribution in [0, 0.1) is 5.82 Å². The summed E-state index contributed by atoms with van der Waals surface area (Å²) in [6, 6.07) is 4.54. The Morgan fingerprint density at radius 3 is 3.09 bits per heavy atom. The highest BCUT2D eigenvalue weighted by atomic mass is 19.1. The van der Waals surface area contributed by atoms with Gasteiger partial charge in [-0.1, -0.05) is 12.2 Å². The van der Waals surface area contributed by atoms with Crippen LogP contribution >= 0.6 is 0 Å². The molecule has 2 atom stereocenters. The molecule has 5 heteroatoms. The molecule has 0 spiro atoms. The van der Waals surface area contributed by atoms with Gasteiger partial charge in [-0.15, -0.1) is 0 Å². The van der Waals surface area contributed by atoms with Crippen molar-refractivity contribution in [3.05, 3.63) is 47.4 Å². The van der Waals surface area contributed by atoms with Gasteiger partial charge in [-0.25, -0.2) is 4.39 Å². The second-order valence-corrected chi connectivity index (χ2v) is 5.97. The molecule has 4 rings (SSSR count). The molecular weight excluding hydrogens is 281 g/mol. The van der Waals surface area contributed by atoms with E-state index in [1.807, 2.05) is 12.2 Å². The third-order valence-electron chi connectivity index (χ3n) is 4.55. The minimum Gasteiger partial charge on any atom is -0.356 e. The Balaban J connectivity index is 1.65. The predicted molar refractivity (Wildman–Crippen MR) is 83.0 cm³/mol. The summed E-state index contributed by atoms with van der Waals surface area (Å²) in [6.45, 7) is 0.736. The van der Waals surface area contributed by atoms with Crippen LogP contribution in [-0.4, -0.2) is 23.5 Å². The number of aryl methyl sites for hydroxylation is 1. The lowest BCUT2D eigenvalue weighted by atomic mass is 9.91. The van der Waals surface area contributed by atoms with Crippen LogP contribution in [0.2, 0.25) is 0 Å². The number of fused-ring (bicyclic) bond motifs is 3. The summed E-state index contributed by atoms with van der Waals surface area (Å²) in [5.74, 6) is -0.225. The van der Waals surface area contributed by atoms with E-state index in [0.717, 1.165) is 48.0 Å². The van der Waals surface area contributed by atoms with Gasteiger partial charge < -0.3 is 10.3 Å². The number of halogens is 1. The minimum atomic E-state index is -0.243. The normalized spacial score (nSPS) is 23.7. The fourth-order valence-electron chi connectivity index (χ4n) is 3.49. The quantitative estimate of drug-likeness (QED) is 0.746. The number of aromatic nitrogens is 1. The van der Waals surface area contributed by atoms with E-state index >= 15 is 0 Å². The third-order valence-corrected chi connectivity index (χ3v) is 4.55. The van der Waals surface area contributed by atoms with Crippen LogP contribution in [0.1, 0.15) is 30.1 Å². The van der Waals surface area contributed by atoms with Crippen molar-refractivity contribution in [3.8, 4) is 0 Å². The highest BCUT2D eigenvalue weighted by molar-refractivity contribution is 5.87. The Bertz CT molecular complexity index is 765. The molecule has 2 heterocycles. The standard InChI is InChI=1S/C17H18FN3O/c18-10-6-7-13-12(9-10)11-3-1-4-14(16(11)20-13)21-17(22)15-5-2-8-19-15/h2,5-7,9,14-15,19-20H,1,3-4,8H2,(H,21,22)/t14?,15-/m0/s1. The zero-order valence-corrected chi connectivity index (χ0v) is 12.2. The number of amides is 1. The van der Waals surface area contributed by atoms with Crippen LogP contribution in [0.5, 0.6) is 0 Å². The van der Waals surface area contributed by atoms with Crippen molar-refractivity contribution in [2.24, 2.45) is 0 Å². The van der Waals surface area contributed by atoms with Gasteiger partial charge in [0.2, 0.25) is 5.91 Å². The van der Waals surface area contributed by atoms with E-state index in [9.17, 15) is 9.18 Å². The van der Waals surface area contributed by atoms with Gasteiger partial charge in [-0.05, 0) is 43.0 Å². The number of H-pyrrole nitrogens is 1. The highest BCUT2D eigenvalue weighted by Crippen LogP contribution is 2.35. The number of nitrogens with one attached hydrogen (secondary N) is 3. The summed E-state index contributed by atoms with van der Waals surface area (Å²) in [5, 5.41) is 7.17. The number of hydrogen-bond donors (Lipinski definition) is 3. The van der Waals surface area contributed by atoms with Gasteiger partial charge in [0.1, 0.15) is 11.9 Å². The van der Waals surface area contributed by atoms with Gasteiger partial charge in [0.15, 0.2) is 0 Å². The maximum Gasteiger partial charge on any atom is 0.241 e. The predicted octanol–water partition coefficient (Wildman–Crippen LogP) is 2.33. The molecular formula is C17H18FN3O. The largest absolute Gasteiger partial charge is 0.356 e. The molecule has 0 fully saturated rings. The molecule has 0 saturated heterocycles. The van der Waals surface area contributed by atoms with Crippen molar-refractivity contribution in [1.29, 1.82) is 0 Å². The topological polar surface area (TPSA) is 56.9 Å². The van der Waals surface area contributed by atoms with Crippen molar-refractivity contribution in [3.63, 3.8) is 0 Å². The van der Waals surface area contributed by atoms with Crippen molar-refractivity contribution >= 4 is 16.8 Å². The number of carbonyl (C=O) groups excluding carboxylic acids is 1. The Morgan fingerprint density at radius 2 is 2.27 bits per heavy atom. The van der Waals surface area contributed by atoms with E-state index in [2.05, 4.69) is 15.6 Å². The number of aromatic amines is 1. The molecule has 3 N–H and O–H groups in total. The lowest BCUT2D eigenvalue weighted by Gasteiger charge is -2.25. The molecule has 0 bridgehead atoms. The summed E-state index contributed by atoms with van der Waals surface area (Å²) in [7, 11) is 0. The van der Waals surface area contributed by atoms with Gasteiger partial charge in [-0.2, -0.15) is 0 Å². The number of carbonyl (C=O) groups is 1. The van der Waals surface area contributed by atoms with Crippen LogP contribution < -0.4 is 10.6 Å². The molecule has 1 amide bonds. The summed E-state index contributed by atoms with van der Waals surface area (Å²) in [5.41, 5.74) is 3.11. The van der Waals surface area contributed by atoms with Crippen LogP contribution in [0.4, 0.5) is 4.39 Å². The molecule has 114 valence electrons. The first-order valence-electron chi connectivity index (χ1n) is 7.73. The van der Waals surface area contributed by atoms with Gasteiger partial charge in [0, 0.05) is 23.1 Å². The zero-order valence-electron chi connectivity index (χ0n) is 12.2. The van der Waals surface area contributed by atoms with Crippen molar-refractivity contribution < 1.29 is 9.18 Å². The first-order chi connectivity index (χ1) is 10.7. The average Bonchev–Trinajstić information content (AvgIpc) is 3.15. The van der Waals surface area contributed by atoms with Crippen LogP contribution in [0.15, 0.2) is 30.4 Å².